The molecule has 2 saturated heterocycles. The zero-order valence-corrected chi connectivity index (χ0v) is 13.3. The van der Waals surface area contributed by atoms with Crippen molar-refractivity contribution in [3.05, 3.63) is 0 Å². The molecule has 0 amide bonds. The summed E-state index contributed by atoms with van der Waals surface area (Å²) in [5, 5.41) is 0. The van der Waals surface area contributed by atoms with Gasteiger partial charge in [-0.05, 0) is 57.4 Å². The summed E-state index contributed by atoms with van der Waals surface area (Å²) in [6.45, 7) is 2.27. The van der Waals surface area contributed by atoms with E-state index in [2.05, 4.69) is 18.9 Å². The number of piperidine rings is 1. The molecule has 2 bridgehead atoms. The van der Waals surface area contributed by atoms with Crippen LogP contribution in [0.5, 0.6) is 0 Å². The van der Waals surface area contributed by atoms with E-state index in [0.29, 0.717) is 23.5 Å². The fourth-order valence-electron chi connectivity index (χ4n) is 5.25. The fourth-order valence-corrected chi connectivity index (χ4v) is 5.25. The van der Waals surface area contributed by atoms with Gasteiger partial charge in [0.15, 0.2) is 0 Å². The minimum absolute atomic E-state index is 0.408. The molecule has 0 aromatic carbocycles. The highest BCUT2D eigenvalue weighted by molar-refractivity contribution is 5.81. The minimum atomic E-state index is 0.408. The Hall–Kier alpha value is -0.370. The van der Waals surface area contributed by atoms with E-state index in [0.717, 1.165) is 18.5 Å². The molecule has 3 rings (SSSR count). The van der Waals surface area contributed by atoms with Crippen LogP contribution in [0.3, 0.4) is 0 Å². The first-order valence-electron chi connectivity index (χ1n) is 8.93. The predicted octanol–water partition coefficient (Wildman–Crippen LogP) is 4.03. The highest BCUT2D eigenvalue weighted by Gasteiger charge is 2.40. The molecule has 0 N–H and O–H groups in total. The first-order valence-corrected chi connectivity index (χ1v) is 8.93. The van der Waals surface area contributed by atoms with Crippen LogP contribution in [0.1, 0.15) is 71.1 Å². The predicted molar refractivity (Wildman–Crippen MR) is 82.7 cm³/mol. The van der Waals surface area contributed by atoms with Gasteiger partial charge in [-0.25, -0.2) is 0 Å². The Labute approximate surface area is 124 Å². The lowest BCUT2D eigenvalue weighted by Crippen LogP contribution is -2.41. The lowest BCUT2D eigenvalue weighted by atomic mass is 9.73. The number of carbonyl (C=O) groups is 1. The van der Waals surface area contributed by atoms with Gasteiger partial charge >= 0.3 is 0 Å². The van der Waals surface area contributed by atoms with Crippen LogP contribution in [0.15, 0.2) is 0 Å². The van der Waals surface area contributed by atoms with Crippen molar-refractivity contribution >= 4 is 5.78 Å². The molecule has 3 fully saturated rings. The zero-order valence-electron chi connectivity index (χ0n) is 13.3. The largest absolute Gasteiger partial charge is 0.300 e. The normalized spacial score (nSPS) is 41.8. The third-order valence-electron chi connectivity index (χ3n) is 6.53. The standard InChI is InChI=1S/C18H31NO/c1-3-14-6-4-5-7-17(14)18(20)12-13-10-15-8-9-16(11-13)19(15)2/h13-17H,3-12H2,1-2H3/t13?,14-,15-,16+,17+/m1/s1. The number of hydrogen-bond donors (Lipinski definition) is 0. The second-order valence-corrected chi connectivity index (χ2v) is 7.62. The van der Waals surface area contributed by atoms with Crippen molar-refractivity contribution in [3.63, 3.8) is 0 Å². The Balaban J connectivity index is 1.56. The highest BCUT2D eigenvalue weighted by Crippen LogP contribution is 2.40. The molecule has 1 unspecified atom stereocenters. The average molecular weight is 277 g/mol. The van der Waals surface area contributed by atoms with Crippen LogP contribution < -0.4 is 0 Å². The van der Waals surface area contributed by atoms with Gasteiger partial charge < -0.3 is 4.90 Å². The molecule has 3 aliphatic rings. The monoisotopic (exact) mass is 277 g/mol. The molecule has 20 heavy (non-hydrogen) atoms. The third kappa shape index (κ3) is 2.81. The molecule has 114 valence electrons. The van der Waals surface area contributed by atoms with E-state index in [4.69, 9.17) is 0 Å². The number of nitrogens with zero attached hydrogens (tertiary/aromatic N) is 1. The van der Waals surface area contributed by atoms with Crippen molar-refractivity contribution in [2.24, 2.45) is 17.8 Å². The zero-order chi connectivity index (χ0) is 14.1. The van der Waals surface area contributed by atoms with Crippen LogP contribution in [0, 0.1) is 17.8 Å². The Kier molecular flexibility index (Phi) is 4.49. The summed E-state index contributed by atoms with van der Waals surface area (Å²) in [4.78, 5) is 15.3. The van der Waals surface area contributed by atoms with Gasteiger partial charge in [0.05, 0.1) is 0 Å². The van der Waals surface area contributed by atoms with E-state index in [9.17, 15) is 4.79 Å². The smallest absolute Gasteiger partial charge is 0.136 e. The maximum atomic E-state index is 12.7. The summed E-state index contributed by atoms with van der Waals surface area (Å²) >= 11 is 0. The molecular weight excluding hydrogens is 246 g/mol. The molecule has 5 atom stereocenters. The number of fused-ring (bicyclic) bond motifs is 2. The number of rotatable bonds is 4. The van der Waals surface area contributed by atoms with Gasteiger partial charge in [-0.15, -0.1) is 0 Å². The molecule has 0 spiro atoms. The summed E-state index contributed by atoms with van der Waals surface area (Å²) in [7, 11) is 2.29. The second-order valence-electron chi connectivity index (χ2n) is 7.62. The molecule has 0 radical (unpaired) electrons. The van der Waals surface area contributed by atoms with Gasteiger partial charge in [0, 0.05) is 24.4 Å². The maximum absolute atomic E-state index is 12.7. The summed E-state index contributed by atoms with van der Waals surface area (Å²) in [6.07, 6.45) is 12.5. The van der Waals surface area contributed by atoms with Crippen molar-refractivity contribution in [3.8, 4) is 0 Å². The lowest BCUT2D eigenvalue weighted by Gasteiger charge is -2.37. The summed E-state index contributed by atoms with van der Waals surface area (Å²) in [6, 6.07) is 1.56. The number of ketones is 1. The molecular formula is C18H31NO. The topological polar surface area (TPSA) is 20.3 Å². The lowest BCUT2D eigenvalue weighted by molar-refractivity contribution is -0.127. The molecule has 1 aliphatic carbocycles. The van der Waals surface area contributed by atoms with E-state index in [-0.39, 0.29) is 0 Å². The molecule has 0 aromatic rings. The van der Waals surface area contributed by atoms with Crippen LogP contribution >= 0.6 is 0 Å². The maximum Gasteiger partial charge on any atom is 0.136 e. The first-order chi connectivity index (χ1) is 9.69. The number of hydrogen-bond acceptors (Lipinski definition) is 2. The van der Waals surface area contributed by atoms with Gasteiger partial charge in [-0.2, -0.15) is 0 Å². The minimum Gasteiger partial charge on any atom is -0.300 e. The van der Waals surface area contributed by atoms with Crippen molar-refractivity contribution in [1.29, 1.82) is 0 Å². The van der Waals surface area contributed by atoms with Gasteiger partial charge in [-0.1, -0.05) is 26.2 Å². The van der Waals surface area contributed by atoms with Gasteiger partial charge in [0.1, 0.15) is 5.78 Å². The SMILES string of the molecule is CC[C@@H]1CCCC[C@@H]1C(=O)CC1C[C@H]2CC[C@@H](C1)N2C. The second kappa shape index (κ2) is 6.17. The van der Waals surface area contributed by atoms with Crippen LogP contribution in [0.4, 0.5) is 0 Å². The molecule has 2 heterocycles. The van der Waals surface area contributed by atoms with Crippen molar-refractivity contribution in [1.82, 2.24) is 4.90 Å². The van der Waals surface area contributed by atoms with Crippen LogP contribution in [-0.2, 0) is 4.79 Å². The third-order valence-corrected chi connectivity index (χ3v) is 6.53. The molecule has 2 heteroatoms. The fraction of sp³-hybridized carbons (Fsp3) is 0.944. The van der Waals surface area contributed by atoms with E-state index in [1.807, 2.05) is 0 Å². The van der Waals surface area contributed by atoms with Gasteiger partial charge in [0.25, 0.3) is 0 Å². The van der Waals surface area contributed by atoms with Gasteiger partial charge in [-0.3, -0.25) is 4.79 Å². The summed E-state index contributed by atoms with van der Waals surface area (Å²) in [5.41, 5.74) is 0. The molecule has 0 aromatic heterocycles. The average Bonchev–Trinajstić information content (AvgIpc) is 2.68. The van der Waals surface area contributed by atoms with Crippen molar-refractivity contribution in [2.75, 3.05) is 7.05 Å². The summed E-state index contributed by atoms with van der Waals surface area (Å²) < 4.78 is 0. The Bertz CT molecular complexity index is 339. The molecule has 2 aliphatic heterocycles. The highest BCUT2D eigenvalue weighted by atomic mass is 16.1. The van der Waals surface area contributed by atoms with Crippen LogP contribution in [0.25, 0.3) is 0 Å². The number of Topliss-reactive ketones (excluding diaryl/α,β-unsaturated/α-hetero) is 1. The quantitative estimate of drug-likeness (QED) is 0.773. The molecule has 2 nitrogen and oxygen atoms in total. The van der Waals surface area contributed by atoms with Gasteiger partial charge in [0.2, 0.25) is 0 Å². The Morgan fingerprint density at radius 2 is 1.70 bits per heavy atom. The first kappa shape index (κ1) is 14.6. The van der Waals surface area contributed by atoms with E-state index < -0.39 is 0 Å². The van der Waals surface area contributed by atoms with Crippen LogP contribution in [0.2, 0.25) is 0 Å². The van der Waals surface area contributed by atoms with Crippen molar-refractivity contribution < 1.29 is 4.79 Å². The van der Waals surface area contributed by atoms with E-state index in [1.165, 1.54) is 57.8 Å². The summed E-state index contributed by atoms with van der Waals surface area (Å²) in [5.74, 6) is 2.41. The molecule has 1 saturated carbocycles. The number of carbonyl (C=O) groups excluding carboxylic acids is 1. The van der Waals surface area contributed by atoms with Crippen LogP contribution in [-0.4, -0.2) is 29.8 Å². The van der Waals surface area contributed by atoms with E-state index in [1.54, 1.807) is 0 Å². The Morgan fingerprint density at radius 3 is 2.35 bits per heavy atom. The Morgan fingerprint density at radius 1 is 1.05 bits per heavy atom. The van der Waals surface area contributed by atoms with E-state index >= 15 is 0 Å². The van der Waals surface area contributed by atoms with Crippen molar-refractivity contribution in [2.45, 2.75) is 83.2 Å².